The van der Waals surface area contributed by atoms with Gasteiger partial charge in [0.05, 0.1) is 12.7 Å². The van der Waals surface area contributed by atoms with Crippen LogP contribution in [0.1, 0.15) is 35.5 Å². The Labute approximate surface area is 147 Å². The summed E-state index contributed by atoms with van der Waals surface area (Å²) in [7, 11) is 1.37. The summed E-state index contributed by atoms with van der Waals surface area (Å²) in [6.45, 7) is 2.15. The van der Waals surface area contributed by atoms with Crippen LogP contribution in [0.5, 0.6) is 0 Å². The molecule has 1 saturated heterocycles. The van der Waals surface area contributed by atoms with Crippen LogP contribution in [0.15, 0.2) is 28.8 Å². The zero-order valence-electron chi connectivity index (χ0n) is 13.7. The quantitative estimate of drug-likeness (QED) is 0.853. The SMILES string of the molecule is COC(=O)c1ccc(-c2noc(CC3CCCNCC3)n2)cc1.Cl. The third-order valence-corrected chi connectivity index (χ3v) is 4.19. The zero-order valence-corrected chi connectivity index (χ0v) is 14.5. The van der Waals surface area contributed by atoms with Crippen LogP contribution in [-0.2, 0) is 11.2 Å². The number of carbonyl (C=O) groups is 1. The van der Waals surface area contributed by atoms with Gasteiger partial charge in [-0.15, -0.1) is 12.4 Å². The summed E-state index contributed by atoms with van der Waals surface area (Å²) in [5.41, 5.74) is 1.33. The largest absolute Gasteiger partial charge is 0.465 e. The minimum atomic E-state index is -0.354. The molecular weight excluding hydrogens is 330 g/mol. The molecule has 2 heterocycles. The zero-order chi connectivity index (χ0) is 16.1. The average molecular weight is 352 g/mol. The highest BCUT2D eigenvalue weighted by molar-refractivity contribution is 5.89. The molecule has 0 bridgehead atoms. The third kappa shape index (κ3) is 4.55. The van der Waals surface area contributed by atoms with Crippen LogP contribution in [0.2, 0.25) is 0 Å². The first-order valence-electron chi connectivity index (χ1n) is 7.98. The molecule has 130 valence electrons. The Kier molecular flexibility index (Phi) is 6.75. The van der Waals surface area contributed by atoms with Gasteiger partial charge in [0, 0.05) is 12.0 Å². The average Bonchev–Trinajstić information content (AvgIpc) is 2.90. The number of aromatic nitrogens is 2. The standard InChI is InChI=1S/C17H21N3O3.ClH/c1-22-17(21)14-6-4-13(5-7-14)16-19-15(23-20-16)11-12-3-2-9-18-10-8-12;/h4-7,12,18H,2-3,8-11H2,1H3;1H. The first kappa shape index (κ1) is 18.4. The highest BCUT2D eigenvalue weighted by Gasteiger charge is 2.17. The Balaban J connectivity index is 0.00000208. The number of hydrogen-bond donors (Lipinski definition) is 1. The normalized spacial score (nSPS) is 17.6. The summed E-state index contributed by atoms with van der Waals surface area (Å²) >= 11 is 0. The predicted molar refractivity (Wildman–Crippen MR) is 92.2 cm³/mol. The van der Waals surface area contributed by atoms with E-state index in [1.54, 1.807) is 24.3 Å². The van der Waals surface area contributed by atoms with Gasteiger partial charge in [-0.25, -0.2) is 4.79 Å². The Bertz CT molecular complexity index is 649. The van der Waals surface area contributed by atoms with E-state index in [2.05, 4.69) is 20.2 Å². The fourth-order valence-corrected chi connectivity index (χ4v) is 2.87. The summed E-state index contributed by atoms with van der Waals surface area (Å²) in [4.78, 5) is 15.9. The van der Waals surface area contributed by atoms with Gasteiger partial charge in [-0.2, -0.15) is 4.98 Å². The van der Waals surface area contributed by atoms with Crippen LogP contribution in [0, 0.1) is 5.92 Å². The second-order valence-corrected chi connectivity index (χ2v) is 5.83. The molecule has 1 aliphatic rings. The van der Waals surface area contributed by atoms with Crippen molar-refractivity contribution in [3.8, 4) is 11.4 Å². The van der Waals surface area contributed by atoms with Crippen LogP contribution in [0.4, 0.5) is 0 Å². The maximum atomic E-state index is 11.4. The minimum absolute atomic E-state index is 0. The molecule has 1 fully saturated rings. The summed E-state index contributed by atoms with van der Waals surface area (Å²) in [6, 6.07) is 7.01. The maximum Gasteiger partial charge on any atom is 0.337 e. The molecule has 2 aromatic rings. The molecule has 1 aromatic heterocycles. The first-order chi connectivity index (χ1) is 11.3. The molecule has 1 atom stereocenters. The number of nitrogens with zero attached hydrogens (tertiary/aromatic N) is 2. The molecule has 0 radical (unpaired) electrons. The number of benzene rings is 1. The number of hydrogen-bond acceptors (Lipinski definition) is 6. The molecule has 3 rings (SSSR count). The van der Waals surface area contributed by atoms with Gasteiger partial charge in [0.15, 0.2) is 0 Å². The second kappa shape index (κ2) is 8.80. The third-order valence-electron chi connectivity index (χ3n) is 4.19. The predicted octanol–water partition coefficient (Wildman–Crippen LogP) is 2.88. The molecule has 0 amide bonds. The molecule has 0 spiro atoms. The van der Waals surface area contributed by atoms with Crippen LogP contribution >= 0.6 is 12.4 Å². The number of ether oxygens (including phenoxy) is 1. The van der Waals surface area contributed by atoms with E-state index in [-0.39, 0.29) is 18.4 Å². The minimum Gasteiger partial charge on any atom is -0.465 e. The number of esters is 1. The van der Waals surface area contributed by atoms with Crippen molar-refractivity contribution in [2.75, 3.05) is 20.2 Å². The van der Waals surface area contributed by atoms with E-state index in [0.29, 0.717) is 23.2 Å². The molecule has 1 aromatic carbocycles. The lowest BCUT2D eigenvalue weighted by molar-refractivity contribution is 0.0601. The Hall–Kier alpha value is -1.92. The molecular formula is C17H22ClN3O3. The topological polar surface area (TPSA) is 77.2 Å². The monoisotopic (exact) mass is 351 g/mol. The fraction of sp³-hybridized carbons (Fsp3) is 0.471. The summed E-state index contributed by atoms with van der Waals surface area (Å²) < 4.78 is 10.1. The van der Waals surface area contributed by atoms with Gasteiger partial charge in [-0.05, 0) is 50.4 Å². The highest BCUT2D eigenvalue weighted by atomic mass is 35.5. The van der Waals surface area contributed by atoms with E-state index < -0.39 is 0 Å². The van der Waals surface area contributed by atoms with Crippen molar-refractivity contribution < 1.29 is 14.1 Å². The lowest BCUT2D eigenvalue weighted by Crippen LogP contribution is -2.14. The first-order valence-corrected chi connectivity index (χ1v) is 7.98. The Morgan fingerprint density at radius 1 is 1.29 bits per heavy atom. The van der Waals surface area contributed by atoms with E-state index in [4.69, 9.17) is 4.52 Å². The lowest BCUT2D eigenvalue weighted by atomic mass is 9.97. The van der Waals surface area contributed by atoms with Crippen LogP contribution in [-0.4, -0.2) is 36.3 Å². The van der Waals surface area contributed by atoms with Crippen LogP contribution in [0.3, 0.4) is 0 Å². The maximum absolute atomic E-state index is 11.4. The summed E-state index contributed by atoms with van der Waals surface area (Å²) in [6.07, 6.45) is 4.36. The van der Waals surface area contributed by atoms with Crippen molar-refractivity contribution in [2.24, 2.45) is 5.92 Å². The molecule has 0 aliphatic carbocycles. The highest BCUT2D eigenvalue weighted by Crippen LogP contribution is 2.21. The summed E-state index contributed by atoms with van der Waals surface area (Å²) in [5, 5.41) is 7.46. The fourth-order valence-electron chi connectivity index (χ4n) is 2.87. The van der Waals surface area contributed by atoms with Crippen molar-refractivity contribution >= 4 is 18.4 Å². The molecule has 1 aliphatic heterocycles. The van der Waals surface area contributed by atoms with Crippen LogP contribution < -0.4 is 5.32 Å². The van der Waals surface area contributed by atoms with Gasteiger partial charge < -0.3 is 14.6 Å². The van der Waals surface area contributed by atoms with Gasteiger partial charge in [0.1, 0.15) is 0 Å². The Morgan fingerprint density at radius 3 is 2.83 bits per heavy atom. The summed E-state index contributed by atoms with van der Waals surface area (Å²) in [5.74, 6) is 1.49. The van der Waals surface area contributed by atoms with E-state index in [1.807, 2.05) is 0 Å². The van der Waals surface area contributed by atoms with Crippen molar-refractivity contribution in [3.05, 3.63) is 35.7 Å². The number of rotatable bonds is 4. The molecule has 7 heteroatoms. The van der Waals surface area contributed by atoms with Crippen molar-refractivity contribution in [1.82, 2.24) is 15.5 Å². The molecule has 1 unspecified atom stereocenters. The molecule has 1 N–H and O–H groups in total. The molecule has 6 nitrogen and oxygen atoms in total. The lowest BCUT2D eigenvalue weighted by Gasteiger charge is -2.09. The van der Waals surface area contributed by atoms with E-state index in [1.165, 1.54) is 20.0 Å². The number of carbonyl (C=O) groups excluding carboxylic acids is 1. The number of nitrogens with one attached hydrogen (secondary N) is 1. The van der Waals surface area contributed by atoms with E-state index in [9.17, 15) is 4.79 Å². The second-order valence-electron chi connectivity index (χ2n) is 5.83. The number of methoxy groups -OCH3 is 1. The van der Waals surface area contributed by atoms with Gasteiger partial charge in [-0.3, -0.25) is 0 Å². The van der Waals surface area contributed by atoms with Crippen molar-refractivity contribution in [3.63, 3.8) is 0 Å². The van der Waals surface area contributed by atoms with Gasteiger partial charge in [0.25, 0.3) is 0 Å². The molecule has 24 heavy (non-hydrogen) atoms. The van der Waals surface area contributed by atoms with Crippen molar-refractivity contribution in [2.45, 2.75) is 25.7 Å². The van der Waals surface area contributed by atoms with Crippen molar-refractivity contribution in [1.29, 1.82) is 0 Å². The Morgan fingerprint density at radius 2 is 2.08 bits per heavy atom. The van der Waals surface area contributed by atoms with Gasteiger partial charge in [0.2, 0.25) is 11.7 Å². The smallest absolute Gasteiger partial charge is 0.337 e. The van der Waals surface area contributed by atoms with Crippen LogP contribution in [0.25, 0.3) is 11.4 Å². The van der Waals surface area contributed by atoms with E-state index in [0.717, 1.165) is 31.5 Å². The number of halogens is 1. The van der Waals surface area contributed by atoms with Gasteiger partial charge in [-0.1, -0.05) is 17.3 Å². The van der Waals surface area contributed by atoms with E-state index >= 15 is 0 Å². The molecule has 0 saturated carbocycles. The van der Waals surface area contributed by atoms with Gasteiger partial charge >= 0.3 is 5.97 Å².